The van der Waals surface area contributed by atoms with E-state index in [0.29, 0.717) is 0 Å². The monoisotopic (exact) mass is 248 g/mol. The van der Waals surface area contributed by atoms with Crippen molar-refractivity contribution in [2.75, 3.05) is 31.1 Å². The van der Waals surface area contributed by atoms with Gasteiger partial charge in [0.1, 0.15) is 0 Å². The molecule has 0 atom stereocenters. The Morgan fingerprint density at radius 2 is 2.33 bits per heavy atom. The summed E-state index contributed by atoms with van der Waals surface area (Å²) in [5.74, 6) is 1.87. The lowest BCUT2D eigenvalue weighted by atomic mass is 9.98. The predicted octanol–water partition coefficient (Wildman–Crippen LogP) is 1.89. The zero-order chi connectivity index (χ0) is 12.8. The minimum absolute atomic E-state index is 0.792. The van der Waals surface area contributed by atoms with Crippen molar-refractivity contribution in [3.63, 3.8) is 0 Å². The highest BCUT2D eigenvalue weighted by Gasteiger charge is 2.18. The van der Waals surface area contributed by atoms with E-state index in [1.165, 1.54) is 12.8 Å². The lowest BCUT2D eigenvalue weighted by molar-refractivity contribution is 0.372. The average molecular weight is 248 g/mol. The molecular formula is C14H24N4. The maximum atomic E-state index is 4.50. The number of piperidine rings is 1. The smallest absolute Gasteiger partial charge is 0.205 e. The van der Waals surface area contributed by atoms with Crippen LogP contribution in [0.25, 0.3) is 0 Å². The summed E-state index contributed by atoms with van der Waals surface area (Å²) < 4.78 is 2.16. The maximum absolute atomic E-state index is 4.50. The first kappa shape index (κ1) is 13.1. The first-order valence-electron chi connectivity index (χ1n) is 6.92. The normalized spacial score (nSPS) is 16.7. The summed E-state index contributed by atoms with van der Waals surface area (Å²) >= 11 is 0. The van der Waals surface area contributed by atoms with Crippen LogP contribution in [0.2, 0.25) is 0 Å². The van der Waals surface area contributed by atoms with Crippen molar-refractivity contribution in [2.24, 2.45) is 5.92 Å². The molecule has 1 saturated heterocycles. The van der Waals surface area contributed by atoms with Gasteiger partial charge in [0.2, 0.25) is 5.95 Å². The van der Waals surface area contributed by atoms with Crippen LogP contribution in [0, 0.1) is 5.92 Å². The van der Waals surface area contributed by atoms with Crippen LogP contribution >= 0.6 is 0 Å². The molecule has 4 nitrogen and oxygen atoms in total. The molecule has 0 radical (unpaired) electrons. The van der Waals surface area contributed by atoms with Gasteiger partial charge in [0.25, 0.3) is 0 Å². The van der Waals surface area contributed by atoms with Gasteiger partial charge in [-0.15, -0.1) is 6.58 Å². The Morgan fingerprint density at radius 3 is 3.00 bits per heavy atom. The van der Waals surface area contributed by atoms with Gasteiger partial charge in [-0.25, -0.2) is 4.98 Å². The van der Waals surface area contributed by atoms with Gasteiger partial charge in [0.05, 0.1) is 0 Å². The van der Waals surface area contributed by atoms with Crippen LogP contribution in [-0.2, 0) is 6.54 Å². The predicted molar refractivity (Wildman–Crippen MR) is 75.9 cm³/mol. The number of nitrogens with one attached hydrogen (secondary N) is 1. The Hall–Kier alpha value is -1.29. The zero-order valence-electron chi connectivity index (χ0n) is 11.3. The summed E-state index contributed by atoms with van der Waals surface area (Å²) in [5.41, 5.74) is 0. The highest BCUT2D eigenvalue weighted by Crippen LogP contribution is 2.18. The average Bonchev–Trinajstić information content (AvgIpc) is 2.86. The summed E-state index contributed by atoms with van der Waals surface area (Å²) in [6.45, 7) is 11.3. The second kappa shape index (κ2) is 6.59. The number of hydrogen-bond donors (Lipinski definition) is 1. The zero-order valence-corrected chi connectivity index (χ0v) is 11.3. The first-order chi connectivity index (χ1) is 8.85. The molecule has 1 aliphatic heterocycles. The van der Waals surface area contributed by atoms with Crippen molar-refractivity contribution in [2.45, 2.75) is 26.3 Å². The third kappa shape index (κ3) is 3.13. The third-order valence-electron chi connectivity index (χ3n) is 3.62. The Kier molecular flexibility index (Phi) is 4.81. The van der Waals surface area contributed by atoms with Gasteiger partial charge in [0.15, 0.2) is 0 Å². The molecule has 18 heavy (non-hydrogen) atoms. The van der Waals surface area contributed by atoms with Crippen LogP contribution in [0.15, 0.2) is 25.0 Å². The van der Waals surface area contributed by atoms with Crippen molar-refractivity contribution in [1.82, 2.24) is 14.9 Å². The lowest BCUT2D eigenvalue weighted by Crippen LogP contribution is -2.37. The van der Waals surface area contributed by atoms with Gasteiger partial charge in [-0.2, -0.15) is 0 Å². The maximum Gasteiger partial charge on any atom is 0.205 e. The number of aromatic nitrogens is 2. The van der Waals surface area contributed by atoms with E-state index < -0.39 is 0 Å². The van der Waals surface area contributed by atoms with E-state index in [1.807, 2.05) is 18.5 Å². The molecule has 0 saturated carbocycles. The third-order valence-corrected chi connectivity index (χ3v) is 3.62. The summed E-state index contributed by atoms with van der Waals surface area (Å²) in [7, 11) is 0. The van der Waals surface area contributed by atoms with Crippen molar-refractivity contribution >= 4 is 5.95 Å². The molecule has 4 heteroatoms. The Bertz CT molecular complexity index is 366. The topological polar surface area (TPSA) is 33.1 Å². The van der Waals surface area contributed by atoms with E-state index in [0.717, 1.165) is 44.6 Å². The van der Waals surface area contributed by atoms with Crippen molar-refractivity contribution in [3.05, 3.63) is 25.0 Å². The summed E-state index contributed by atoms with van der Waals surface area (Å²) in [6, 6.07) is 0. The van der Waals surface area contributed by atoms with Crippen LogP contribution < -0.4 is 10.2 Å². The molecule has 100 valence electrons. The van der Waals surface area contributed by atoms with Gasteiger partial charge < -0.3 is 14.8 Å². The quantitative estimate of drug-likeness (QED) is 0.781. The second-order valence-corrected chi connectivity index (χ2v) is 4.90. The second-order valence-electron chi connectivity index (χ2n) is 4.90. The molecule has 0 unspecified atom stereocenters. The molecule has 0 bridgehead atoms. The molecule has 2 heterocycles. The van der Waals surface area contributed by atoms with Crippen LogP contribution in [0.3, 0.4) is 0 Å². The number of hydrogen-bond acceptors (Lipinski definition) is 3. The fraction of sp³-hybridized carbons (Fsp3) is 0.643. The lowest BCUT2D eigenvalue weighted by Gasteiger charge is -2.30. The van der Waals surface area contributed by atoms with Crippen LogP contribution in [0.4, 0.5) is 5.95 Å². The van der Waals surface area contributed by atoms with Crippen molar-refractivity contribution in [3.8, 4) is 0 Å². The molecule has 0 spiro atoms. The van der Waals surface area contributed by atoms with Crippen LogP contribution in [0.5, 0.6) is 0 Å². The number of imidazole rings is 1. The van der Waals surface area contributed by atoms with E-state index in [9.17, 15) is 0 Å². The van der Waals surface area contributed by atoms with E-state index in [2.05, 4.69) is 33.3 Å². The number of rotatable bonds is 6. The Balaban J connectivity index is 2.02. The van der Waals surface area contributed by atoms with Crippen molar-refractivity contribution in [1.29, 1.82) is 0 Å². The van der Waals surface area contributed by atoms with Gasteiger partial charge in [-0.1, -0.05) is 6.08 Å². The largest absolute Gasteiger partial charge is 0.342 e. The van der Waals surface area contributed by atoms with E-state index in [4.69, 9.17) is 0 Å². The summed E-state index contributed by atoms with van der Waals surface area (Å²) in [4.78, 5) is 6.89. The molecule has 0 aromatic carbocycles. The SMILES string of the molecule is C=CCn1ccnc1N(CC)CC1CCNCC1. The minimum atomic E-state index is 0.792. The minimum Gasteiger partial charge on any atom is -0.342 e. The molecule has 0 amide bonds. The Labute approximate surface area is 110 Å². The van der Waals surface area contributed by atoms with Gasteiger partial charge in [-0.3, -0.25) is 0 Å². The summed E-state index contributed by atoms with van der Waals surface area (Å²) in [6.07, 6.45) is 8.38. The number of nitrogens with zero attached hydrogens (tertiary/aromatic N) is 3. The molecule has 1 aliphatic rings. The van der Waals surface area contributed by atoms with E-state index in [1.54, 1.807) is 0 Å². The molecule has 1 N–H and O–H groups in total. The van der Waals surface area contributed by atoms with E-state index >= 15 is 0 Å². The number of allylic oxidation sites excluding steroid dienone is 1. The molecule has 1 aromatic heterocycles. The number of anilines is 1. The Morgan fingerprint density at radius 1 is 1.56 bits per heavy atom. The van der Waals surface area contributed by atoms with Gasteiger partial charge in [0, 0.05) is 32.0 Å². The molecular weight excluding hydrogens is 224 g/mol. The molecule has 1 fully saturated rings. The van der Waals surface area contributed by atoms with Gasteiger partial charge in [-0.05, 0) is 38.8 Å². The van der Waals surface area contributed by atoms with E-state index in [-0.39, 0.29) is 0 Å². The van der Waals surface area contributed by atoms with Crippen molar-refractivity contribution < 1.29 is 0 Å². The molecule has 1 aromatic rings. The fourth-order valence-corrected chi connectivity index (χ4v) is 2.59. The molecule has 2 rings (SSSR count). The first-order valence-corrected chi connectivity index (χ1v) is 6.92. The standard InChI is InChI=1S/C14H24N4/c1-3-10-18-11-9-16-14(18)17(4-2)12-13-5-7-15-8-6-13/h3,9,11,13,15H,1,4-8,10,12H2,2H3. The van der Waals surface area contributed by atoms with Crippen LogP contribution in [-0.4, -0.2) is 35.7 Å². The highest BCUT2D eigenvalue weighted by atomic mass is 15.3. The molecule has 0 aliphatic carbocycles. The summed E-state index contributed by atoms with van der Waals surface area (Å²) in [5, 5.41) is 3.42. The fourth-order valence-electron chi connectivity index (χ4n) is 2.59. The van der Waals surface area contributed by atoms with Crippen LogP contribution in [0.1, 0.15) is 19.8 Å². The highest BCUT2D eigenvalue weighted by molar-refractivity contribution is 5.31. The van der Waals surface area contributed by atoms with Gasteiger partial charge >= 0.3 is 0 Å².